The van der Waals surface area contributed by atoms with Gasteiger partial charge in [0, 0.05) is 10.6 Å². The van der Waals surface area contributed by atoms with Gasteiger partial charge in [0.25, 0.3) is 11.8 Å². The lowest BCUT2D eigenvalue weighted by Gasteiger charge is -2.26. The van der Waals surface area contributed by atoms with E-state index in [1.807, 2.05) is 0 Å². The van der Waals surface area contributed by atoms with Gasteiger partial charge in [0.2, 0.25) is 0 Å². The number of rotatable bonds is 3. The van der Waals surface area contributed by atoms with Gasteiger partial charge in [-0.05, 0) is 61.0 Å². The van der Waals surface area contributed by atoms with Gasteiger partial charge in [-0.3, -0.25) is 14.9 Å². The molecule has 0 aliphatic carbocycles. The molecule has 3 aromatic rings. The van der Waals surface area contributed by atoms with Gasteiger partial charge >= 0.3 is 6.03 Å². The van der Waals surface area contributed by atoms with E-state index < -0.39 is 17.8 Å². The summed E-state index contributed by atoms with van der Waals surface area (Å²) in [6.07, 6.45) is 1.27. The number of hydrogen-bond donors (Lipinski definition) is 1. The molecular formula is C22H13Cl3N2O4. The van der Waals surface area contributed by atoms with Crippen molar-refractivity contribution in [2.45, 2.75) is 6.92 Å². The second kappa shape index (κ2) is 8.23. The molecule has 1 N–H and O–H groups in total. The minimum Gasteiger partial charge on any atom is -0.457 e. The van der Waals surface area contributed by atoms with Gasteiger partial charge in [-0.2, -0.15) is 0 Å². The number of imide groups is 2. The molecule has 0 spiro atoms. The Balaban J connectivity index is 1.68. The molecule has 1 aliphatic heterocycles. The van der Waals surface area contributed by atoms with Gasteiger partial charge in [-0.15, -0.1) is 0 Å². The first-order valence-electron chi connectivity index (χ1n) is 8.97. The molecule has 31 heavy (non-hydrogen) atoms. The zero-order chi connectivity index (χ0) is 22.3. The molecule has 0 unspecified atom stereocenters. The molecule has 2 heterocycles. The van der Waals surface area contributed by atoms with Crippen LogP contribution in [0.15, 0.2) is 58.5 Å². The first kappa shape index (κ1) is 21.2. The third-order valence-electron chi connectivity index (χ3n) is 4.63. The van der Waals surface area contributed by atoms with Crippen LogP contribution in [-0.2, 0) is 9.59 Å². The largest absolute Gasteiger partial charge is 0.457 e. The van der Waals surface area contributed by atoms with E-state index in [2.05, 4.69) is 5.32 Å². The van der Waals surface area contributed by atoms with Gasteiger partial charge in [0.15, 0.2) is 0 Å². The van der Waals surface area contributed by atoms with Crippen molar-refractivity contribution < 1.29 is 18.8 Å². The molecule has 0 radical (unpaired) electrons. The molecule has 1 saturated heterocycles. The Kier molecular flexibility index (Phi) is 5.62. The molecule has 6 nitrogen and oxygen atoms in total. The maximum Gasteiger partial charge on any atom is 0.335 e. The average molecular weight is 476 g/mol. The minimum atomic E-state index is -0.858. The maximum atomic E-state index is 13.0. The summed E-state index contributed by atoms with van der Waals surface area (Å²) in [5.74, 6) is -0.902. The quantitative estimate of drug-likeness (QED) is 0.379. The van der Waals surface area contributed by atoms with Crippen LogP contribution in [0, 0.1) is 6.92 Å². The zero-order valence-electron chi connectivity index (χ0n) is 15.9. The number of hydrogen-bond acceptors (Lipinski definition) is 4. The van der Waals surface area contributed by atoms with Gasteiger partial charge in [0.05, 0.1) is 15.7 Å². The van der Waals surface area contributed by atoms with Crippen molar-refractivity contribution in [1.29, 1.82) is 0 Å². The second-order valence-electron chi connectivity index (χ2n) is 6.72. The van der Waals surface area contributed by atoms with Gasteiger partial charge in [-0.25, -0.2) is 9.69 Å². The van der Waals surface area contributed by atoms with Crippen LogP contribution >= 0.6 is 34.8 Å². The number of nitrogens with one attached hydrogen (secondary N) is 1. The third-order valence-corrected chi connectivity index (χ3v) is 5.78. The fraction of sp³-hybridized carbons (Fsp3) is 0.0455. The fourth-order valence-corrected chi connectivity index (χ4v) is 3.46. The summed E-state index contributed by atoms with van der Waals surface area (Å²) in [5, 5.41) is 3.32. The standard InChI is InChI=1S/C22H13Cl3N2O4/c1-11-2-4-13(9-17(11)24)27-21(29)15(20(28)26-22(27)30)10-14-5-7-19(31-14)12-3-6-16(23)18(25)8-12/h2-10H,1H3,(H,26,28,30)/b15-10+. The number of aryl methyl sites for hydroxylation is 1. The minimum absolute atomic E-state index is 0.243. The Hall–Kier alpha value is -3.06. The molecule has 0 atom stereocenters. The molecule has 1 aromatic heterocycles. The van der Waals surface area contributed by atoms with Gasteiger partial charge in [0.1, 0.15) is 17.1 Å². The summed E-state index contributed by atoms with van der Waals surface area (Å²) >= 11 is 18.1. The number of anilines is 1. The summed E-state index contributed by atoms with van der Waals surface area (Å²) in [7, 11) is 0. The number of furan rings is 1. The lowest BCUT2D eigenvalue weighted by Crippen LogP contribution is -2.54. The van der Waals surface area contributed by atoms with Crippen LogP contribution < -0.4 is 10.2 Å². The topological polar surface area (TPSA) is 79.6 Å². The Labute approximate surface area is 192 Å². The van der Waals surface area contributed by atoms with Crippen LogP contribution in [0.5, 0.6) is 0 Å². The van der Waals surface area contributed by atoms with E-state index in [-0.39, 0.29) is 17.0 Å². The number of halogens is 3. The normalized spacial score (nSPS) is 15.5. The number of benzene rings is 2. The average Bonchev–Trinajstić information content (AvgIpc) is 3.18. The first-order valence-corrected chi connectivity index (χ1v) is 10.1. The van der Waals surface area contributed by atoms with Crippen molar-refractivity contribution in [3.8, 4) is 11.3 Å². The van der Waals surface area contributed by atoms with Crippen molar-refractivity contribution in [3.63, 3.8) is 0 Å². The molecule has 2 aromatic carbocycles. The Bertz CT molecular complexity index is 1280. The van der Waals surface area contributed by atoms with E-state index in [0.717, 1.165) is 10.5 Å². The van der Waals surface area contributed by atoms with Crippen LogP contribution in [0.4, 0.5) is 10.5 Å². The molecule has 156 valence electrons. The number of barbiturate groups is 1. The fourth-order valence-electron chi connectivity index (χ4n) is 2.99. The summed E-state index contributed by atoms with van der Waals surface area (Å²) in [4.78, 5) is 38.5. The van der Waals surface area contributed by atoms with Crippen molar-refractivity contribution >= 4 is 64.4 Å². The Morgan fingerprint density at radius 1 is 0.903 bits per heavy atom. The van der Waals surface area contributed by atoms with Gasteiger partial charge in [-0.1, -0.05) is 40.9 Å². The van der Waals surface area contributed by atoms with Crippen LogP contribution in [-0.4, -0.2) is 17.8 Å². The van der Waals surface area contributed by atoms with Crippen LogP contribution in [0.25, 0.3) is 17.4 Å². The van der Waals surface area contributed by atoms with Crippen molar-refractivity contribution in [2.24, 2.45) is 0 Å². The summed E-state index contributed by atoms with van der Waals surface area (Å²) in [5.41, 5.74) is 1.44. The molecule has 4 rings (SSSR count). The highest BCUT2D eigenvalue weighted by Gasteiger charge is 2.37. The van der Waals surface area contributed by atoms with Crippen molar-refractivity contribution in [2.75, 3.05) is 4.90 Å². The Morgan fingerprint density at radius 3 is 2.39 bits per heavy atom. The molecule has 0 saturated carbocycles. The molecule has 1 fully saturated rings. The monoisotopic (exact) mass is 474 g/mol. The van der Waals surface area contributed by atoms with Crippen LogP contribution in [0.2, 0.25) is 15.1 Å². The predicted octanol–water partition coefficient (Wildman–Crippen LogP) is 5.88. The van der Waals surface area contributed by atoms with Gasteiger partial charge < -0.3 is 4.42 Å². The Morgan fingerprint density at radius 2 is 1.68 bits per heavy atom. The number of carbonyl (C=O) groups is 3. The number of nitrogens with zero attached hydrogens (tertiary/aromatic N) is 1. The molecule has 1 aliphatic rings. The second-order valence-corrected chi connectivity index (χ2v) is 7.94. The summed E-state index contributed by atoms with van der Waals surface area (Å²) < 4.78 is 5.73. The first-order chi connectivity index (χ1) is 14.7. The zero-order valence-corrected chi connectivity index (χ0v) is 18.2. The summed E-state index contributed by atoms with van der Waals surface area (Å²) in [6, 6.07) is 12.1. The third kappa shape index (κ3) is 4.10. The maximum absolute atomic E-state index is 13.0. The molecule has 9 heteroatoms. The van der Waals surface area contributed by atoms with Crippen molar-refractivity contribution in [1.82, 2.24) is 5.32 Å². The highest BCUT2D eigenvalue weighted by molar-refractivity contribution is 6.42. The van der Waals surface area contributed by atoms with E-state index in [4.69, 9.17) is 39.2 Å². The predicted molar refractivity (Wildman–Crippen MR) is 119 cm³/mol. The lowest BCUT2D eigenvalue weighted by molar-refractivity contribution is -0.122. The summed E-state index contributed by atoms with van der Waals surface area (Å²) in [6.45, 7) is 1.79. The van der Waals surface area contributed by atoms with Crippen LogP contribution in [0.3, 0.4) is 0 Å². The number of carbonyl (C=O) groups excluding carboxylic acids is 3. The van der Waals surface area contributed by atoms with E-state index in [1.165, 1.54) is 12.1 Å². The van der Waals surface area contributed by atoms with E-state index in [0.29, 0.717) is 26.4 Å². The highest BCUT2D eigenvalue weighted by Crippen LogP contribution is 2.31. The molecule has 4 amide bonds. The smallest absolute Gasteiger partial charge is 0.335 e. The van der Waals surface area contributed by atoms with Crippen molar-refractivity contribution in [3.05, 3.63) is 80.5 Å². The number of amides is 4. The highest BCUT2D eigenvalue weighted by atomic mass is 35.5. The van der Waals surface area contributed by atoms with Crippen LogP contribution in [0.1, 0.15) is 11.3 Å². The van der Waals surface area contributed by atoms with E-state index >= 15 is 0 Å². The number of urea groups is 1. The van der Waals surface area contributed by atoms with E-state index in [1.54, 1.807) is 49.4 Å². The van der Waals surface area contributed by atoms with E-state index in [9.17, 15) is 14.4 Å². The molecular weight excluding hydrogens is 463 g/mol. The SMILES string of the molecule is Cc1ccc(N2C(=O)NC(=O)/C(=C\c3ccc(-c4ccc(Cl)c(Cl)c4)o3)C2=O)cc1Cl. The lowest BCUT2D eigenvalue weighted by atomic mass is 10.1. The molecule has 0 bridgehead atoms.